The molecule has 1 atom stereocenters. The summed E-state index contributed by atoms with van der Waals surface area (Å²) in [7, 11) is 2.08. The second-order valence-corrected chi connectivity index (χ2v) is 5.17. The molecule has 16 heavy (non-hydrogen) atoms. The van der Waals surface area contributed by atoms with Gasteiger partial charge >= 0.3 is 0 Å². The van der Waals surface area contributed by atoms with E-state index in [2.05, 4.69) is 25.8 Å². The van der Waals surface area contributed by atoms with E-state index >= 15 is 0 Å². The fraction of sp³-hybridized carbons (Fsp3) is 0.917. The van der Waals surface area contributed by atoms with Crippen LogP contribution < -0.4 is 5.73 Å². The van der Waals surface area contributed by atoms with E-state index in [1.165, 1.54) is 0 Å². The molecule has 1 unspecified atom stereocenters. The van der Waals surface area contributed by atoms with Crippen LogP contribution in [0, 0.1) is 5.92 Å². The third kappa shape index (κ3) is 3.76. The first-order valence-electron chi connectivity index (χ1n) is 6.22. The summed E-state index contributed by atoms with van der Waals surface area (Å²) in [6.07, 6.45) is 1.64. The molecule has 1 amide bonds. The number of nitrogens with two attached hydrogens (primary N) is 1. The molecule has 1 saturated heterocycles. The smallest absolute Gasteiger partial charge is 0.222 e. The van der Waals surface area contributed by atoms with Gasteiger partial charge in [0.25, 0.3) is 0 Å². The second kappa shape index (κ2) is 6.21. The number of likely N-dealkylation sites (N-methyl/N-ethyl adjacent to an activating group) is 1. The summed E-state index contributed by atoms with van der Waals surface area (Å²) in [6, 6.07) is 0.207. The quantitative estimate of drug-likeness (QED) is 0.762. The molecule has 1 aliphatic heterocycles. The Kier molecular flexibility index (Phi) is 5.22. The number of rotatable bonds is 4. The maximum atomic E-state index is 12.0. The Morgan fingerprint density at radius 1 is 1.44 bits per heavy atom. The fourth-order valence-corrected chi connectivity index (χ4v) is 2.10. The molecule has 0 bridgehead atoms. The molecule has 0 aromatic carbocycles. The second-order valence-electron chi connectivity index (χ2n) is 5.17. The number of carbonyl (C=O) groups excluding carboxylic acids is 1. The number of hydrogen-bond acceptors (Lipinski definition) is 3. The van der Waals surface area contributed by atoms with Gasteiger partial charge in [-0.05, 0) is 19.4 Å². The molecule has 0 aliphatic carbocycles. The first-order valence-corrected chi connectivity index (χ1v) is 6.22. The van der Waals surface area contributed by atoms with Crippen LogP contribution in [-0.2, 0) is 4.79 Å². The van der Waals surface area contributed by atoms with Crippen LogP contribution in [-0.4, -0.2) is 55.0 Å². The SMILES string of the molecule is CC(C)CCC(=O)N1CCN(C)CC1CN. The van der Waals surface area contributed by atoms with Crippen LogP contribution >= 0.6 is 0 Å². The van der Waals surface area contributed by atoms with E-state index in [0.717, 1.165) is 26.1 Å². The summed E-state index contributed by atoms with van der Waals surface area (Å²) in [4.78, 5) is 16.2. The van der Waals surface area contributed by atoms with E-state index < -0.39 is 0 Å². The summed E-state index contributed by atoms with van der Waals surface area (Å²) in [5.41, 5.74) is 5.73. The number of hydrogen-bond donors (Lipinski definition) is 1. The van der Waals surface area contributed by atoms with Gasteiger partial charge in [-0.15, -0.1) is 0 Å². The lowest BCUT2D eigenvalue weighted by molar-refractivity contribution is -0.135. The fourth-order valence-electron chi connectivity index (χ4n) is 2.10. The summed E-state index contributed by atoms with van der Waals surface area (Å²) in [5.74, 6) is 0.866. The largest absolute Gasteiger partial charge is 0.336 e. The van der Waals surface area contributed by atoms with Crippen LogP contribution in [0.4, 0.5) is 0 Å². The molecule has 2 N–H and O–H groups in total. The average Bonchev–Trinajstić information content (AvgIpc) is 2.25. The molecule has 94 valence electrons. The van der Waals surface area contributed by atoms with E-state index in [-0.39, 0.29) is 11.9 Å². The van der Waals surface area contributed by atoms with E-state index in [1.54, 1.807) is 0 Å². The Balaban J connectivity index is 2.47. The lowest BCUT2D eigenvalue weighted by atomic mass is 10.1. The van der Waals surface area contributed by atoms with Crippen molar-refractivity contribution in [1.82, 2.24) is 9.80 Å². The minimum atomic E-state index is 0.207. The Morgan fingerprint density at radius 3 is 2.69 bits per heavy atom. The van der Waals surface area contributed by atoms with Crippen LogP contribution in [0.5, 0.6) is 0 Å². The van der Waals surface area contributed by atoms with E-state index in [1.807, 2.05) is 4.90 Å². The zero-order valence-electron chi connectivity index (χ0n) is 10.8. The Labute approximate surface area is 98.8 Å². The van der Waals surface area contributed by atoms with Gasteiger partial charge in [-0.2, -0.15) is 0 Å². The Morgan fingerprint density at radius 2 is 2.12 bits per heavy atom. The minimum Gasteiger partial charge on any atom is -0.336 e. The summed E-state index contributed by atoms with van der Waals surface area (Å²) in [6.45, 7) is 7.57. The summed E-state index contributed by atoms with van der Waals surface area (Å²) < 4.78 is 0. The van der Waals surface area contributed by atoms with Gasteiger partial charge in [0, 0.05) is 32.6 Å². The minimum absolute atomic E-state index is 0.207. The van der Waals surface area contributed by atoms with Gasteiger partial charge in [-0.25, -0.2) is 0 Å². The lowest BCUT2D eigenvalue weighted by Gasteiger charge is -2.39. The Bertz CT molecular complexity index is 230. The molecule has 1 heterocycles. The first-order chi connectivity index (χ1) is 7.54. The van der Waals surface area contributed by atoms with Gasteiger partial charge in [-0.1, -0.05) is 13.8 Å². The van der Waals surface area contributed by atoms with E-state index in [9.17, 15) is 4.79 Å². The van der Waals surface area contributed by atoms with Crippen molar-refractivity contribution in [3.8, 4) is 0 Å². The van der Waals surface area contributed by atoms with Gasteiger partial charge in [0.15, 0.2) is 0 Å². The molecule has 1 aliphatic rings. The van der Waals surface area contributed by atoms with E-state index in [4.69, 9.17) is 5.73 Å². The van der Waals surface area contributed by atoms with Crippen LogP contribution in [0.25, 0.3) is 0 Å². The van der Waals surface area contributed by atoms with Gasteiger partial charge in [-0.3, -0.25) is 4.79 Å². The van der Waals surface area contributed by atoms with Crippen molar-refractivity contribution in [2.24, 2.45) is 11.7 Å². The maximum absolute atomic E-state index is 12.0. The molecule has 0 radical (unpaired) electrons. The van der Waals surface area contributed by atoms with Crippen molar-refractivity contribution in [2.45, 2.75) is 32.7 Å². The number of piperazine rings is 1. The zero-order valence-corrected chi connectivity index (χ0v) is 10.8. The highest BCUT2D eigenvalue weighted by atomic mass is 16.2. The molecule has 1 rings (SSSR count). The molecule has 1 fully saturated rings. The zero-order chi connectivity index (χ0) is 12.1. The monoisotopic (exact) mass is 227 g/mol. The van der Waals surface area contributed by atoms with Gasteiger partial charge in [0.1, 0.15) is 0 Å². The normalized spacial score (nSPS) is 22.8. The molecule has 0 spiro atoms. The first kappa shape index (κ1) is 13.5. The molecule has 4 heteroatoms. The number of carbonyl (C=O) groups is 1. The highest BCUT2D eigenvalue weighted by Gasteiger charge is 2.27. The van der Waals surface area contributed by atoms with Gasteiger partial charge in [0.05, 0.1) is 6.04 Å². The third-order valence-electron chi connectivity index (χ3n) is 3.21. The van der Waals surface area contributed by atoms with Crippen LogP contribution in [0.3, 0.4) is 0 Å². The Hall–Kier alpha value is -0.610. The van der Waals surface area contributed by atoms with Crippen molar-refractivity contribution < 1.29 is 4.79 Å². The molecule has 0 aromatic heterocycles. The van der Waals surface area contributed by atoms with Crippen LogP contribution in [0.15, 0.2) is 0 Å². The van der Waals surface area contributed by atoms with Crippen molar-refractivity contribution in [1.29, 1.82) is 0 Å². The molecule has 0 saturated carbocycles. The highest BCUT2D eigenvalue weighted by molar-refractivity contribution is 5.76. The van der Waals surface area contributed by atoms with Crippen molar-refractivity contribution >= 4 is 5.91 Å². The standard InChI is InChI=1S/C12H25N3O/c1-10(2)4-5-12(16)15-7-6-14(3)9-11(15)8-13/h10-11H,4-9,13H2,1-3H3. The predicted octanol–water partition coefficient (Wildman–Crippen LogP) is 0.524. The maximum Gasteiger partial charge on any atom is 0.222 e. The lowest BCUT2D eigenvalue weighted by Crippen LogP contribution is -2.56. The molecule has 0 aromatic rings. The van der Waals surface area contributed by atoms with Crippen molar-refractivity contribution in [3.63, 3.8) is 0 Å². The van der Waals surface area contributed by atoms with Gasteiger partial charge < -0.3 is 15.5 Å². The molecular weight excluding hydrogens is 202 g/mol. The molecule has 4 nitrogen and oxygen atoms in total. The summed E-state index contributed by atoms with van der Waals surface area (Å²) in [5, 5.41) is 0. The van der Waals surface area contributed by atoms with Crippen LogP contribution in [0.1, 0.15) is 26.7 Å². The van der Waals surface area contributed by atoms with E-state index in [0.29, 0.717) is 18.9 Å². The van der Waals surface area contributed by atoms with Crippen molar-refractivity contribution in [3.05, 3.63) is 0 Å². The highest BCUT2D eigenvalue weighted by Crippen LogP contribution is 2.12. The van der Waals surface area contributed by atoms with Crippen LogP contribution in [0.2, 0.25) is 0 Å². The number of nitrogens with zero attached hydrogens (tertiary/aromatic N) is 2. The predicted molar refractivity (Wildman–Crippen MR) is 66.1 cm³/mol. The number of amides is 1. The summed E-state index contributed by atoms with van der Waals surface area (Å²) >= 11 is 0. The van der Waals surface area contributed by atoms with Gasteiger partial charge in [0.2, 0.25) is 5.91 Å². The molecular formula is C12H25N3O. The average molecular weight is 227 g/mol. The van der Waals surface area contributed by atoms with Crippen molar-refractivity contribution in [2.75, 3.05) is 33.2 Å². The third-order valence-corrected chi connectivity index (χ3v) is 3.21. The topological polar surface area (TPSA) is 49.6 Å².